The van der Waals surface area contributed by atoms with Crippen LogP contribution in [0.4, 0.5) is 0 Å². The van der Waals surface area contributed by atoms with Crippen molar-refractivity contribution in [3.63, 3.8) is 0 Å². The summed E-state index contributed by atoms with van der Waals surface area (Å²) in [6.45, 7) is 22.7. The van der Waals surface area contributed by atoms with Crippen LogP contribution < -0.4 is 0 Å². The minimum Gasteiger partial charge on any atom is -0.512 e. The Morgan fingerprint density at radius 3 is 1.53 bits per heavy atom. The summed E-state index contributed by atoms with van der Waals surface area (Å²) >= 11 is 0. The first-order valence-electron chi connectivity index (χ1n) is 19.1. The molecule has 0 bridgehead atoms. The number of carbonyl (C=O) groups excluding carboxylic acids is 2. The number of pyridine rings is 2. The summed E-state index contributed by atoms with van der Waals surface area (Å²) in [5, 5.41) is 22.7. The van der Waals surface area contributed by atoms with Gasteiger partial charge in [-0.05, 0) is 64.3 Å². The van der Waals surface area contributed by atoms with Gasteiger partial charge in [0.2, 0.25) is 0 Å². The number of fused-ring (bicyclic) bond motifs is 2. The number of nitrogens with zero attached hydrogens (tertiary/aromatic N) is 2. The van der Waals surface area contributed by atoms with E-state index in [2.05, 4.69) is 117 Å². The maximum absolute atomic E-state index is 11.5. The van der Waals surface area contributed by atoms with Crippen molar-refractivity contribution >= 4 is 33.1 Å². The zero-order valence-corrected chi connectivity index (χ0v) is 41.1. The number of rotatable bonds is 4. The van der Waals surface area contributed by atoms with Crippen LogP contribution in [-0.2, 0) is 55.2 Å². The van der Waals surface area contributed by atoms with E-state index in [9.17, 15) is 14.7 Å². The van der Waals surface area contributed by atoms with Crippen molar-refractivity contribution in [3.05, 3.63) is 156 Å². The molecule has 4 aromatic carbocycles. The molecule has 0 atom stereocenters. The largest absolute Gasteiger partial charge is 0.512 e. The summed E-state index contributed by atoms with van der Waals surface area (Å²) in [6.07, 6.45) is 6.22. The van der Waals surface area contributed by atoms with Crippen LogP contribution in [0.25, 0.3) is 44.1 Å². The molecule has 0 saturated carbocycles. The number of carbonyl (C=O) groups is 2. The normalized spacial score (nSPS) is 11.6. The molecule has 8 heteroatoms. The van der Waals surface area contributed by atoms with Crippen LogP contribution in [0.2, 0.25) is 0 Å². The van der Waals surface area contributed by atoms with Crippen molar-refractivity contribution in [2.45, 2.75) is 88.5 Å². The molecule has 2 N–H and O–H groups in total. The maximum atomic E-state index is 11.5. The Balaban J connectivity index is 0.000000411. The second-order valence-corrected chi connectivity index (χ2v) is 17.1. The van der Waals surface area contributed by atoms with E-state index in [0.29, 0.717) is 0 Å². The van der Waals surface area contributed by atoms with E-state index in [1.54, 1.807) is 0 Å². The molecule has 59 heavy (non-hydrogen) atoms. The molecule has 0 amide bonds. The van der Waals surface area contributed by atoms with Gasteiger partial charge in [0.25, 0.3) is 0 Å². The molecule has 0 saturated heterocycles. The fourth-order valence-corrected chi connectivity index (χ4v) is 5.28. The summed E-state index contributed by atoms with van der Waals surface area (Å²) in [5.74, 6) is 0.0415. The smallest absolute Gasteiger partial charge is 0.164 e. The summed E-state index contributed by atoms with van der Waals surface area (Å²) in [5.41, 5.74) is 6.03. The molecule has 0 spiro atoms. The van der Waals surface area contributed by atoms with Crippen LogP contribution in [-0.4, -0.2) is 31.7 Å². The first kappa shape index (κ1) is 52.4. The number of aromatic nitrogens is 2. The summed E-state index contributed by atoms with van der Waals surface area (Å²) in [6, 6.07) is 39.9. The van der Waals surface area contributed by atoms with E-state index < -0.39 is 5.41 Å². The molecular weight excluding hydrogens is 1090 g/mol. The fourth-order valence-electron chi connectivity index (χ4n) is 5.28. The van der Waals surface area contributed by atoms with E-state index in [-0.39, 0.29) is 74.1 Å². The van der Waals surface area contributed by atoms with Gasteiger partial charge < -0.3 is 20.2 Å². The Kier molecular flexibility index (Phi) is 20.7. The number of ketones is 2. The van der Waals surface area contributed by atoms with Crippen molar-refractivity contribution in [1.29, 1.82) is 0 Å². The zero-order chi connectivity index (χ0) is 42.6. The van der Waals surface area contributed by atoms with Gasteiger partial charge >= 0.3 is 0 Å². The van der Waals surface area contributed by atoms with E-state index in [1.165, 1.54) is 58.7 Å². The van der Waals surface area contributed by atoms with Gasteiger partial charge in [0.1, 0.15) is 5.76 Å². The molecule has 6 nitrogen and oxygen atoms in total. The molecule has 0 aliphatic rings. The van der Waals surface area contributed by atoms with Crippen molar-refractivity contribution in [2.75, 3.05) is 0 Å². The van der Waals surface area contributed by atoms with Crippen molar-refractivity contribution in [2.24, 2.45) is 10.8 Å². The number of aliphatic hydroxyl groups is 2. The van der Waals surface area contributed by atoms with Gasteiger partial charge in [-0.2, -0.15) is 0 Å². The van der Waals surface area contributed by atoms with E-state index in [4.69, 9.17) is 5.11 Å². The van der Waals surface area contributed by atoms with E-state index >= 15 is 0 Å². The van der Waals surface area contributed by atoms with Crippen molar-refractivity contribution in [1.82, 2.24) is 9.97 Å². The van der Waals surface area contributed by atoms with Crippen LogP contribution in [0.1, 0.15) is 87.3 Å². The standard InChI is InChI=1S/C19H18N.C16H12N.C11H20O2.C5H8O2.2Ir/c1-19(2,3)16-10-8-15(9-11-16)18-17-7-5-4-6-14(17)12-13-20-18;1-12-5-4-7-14(11-12)16-15-8-3-2-6-13(15)9-10-17-16;1-10(2,3)8(12)7-9(13)11(4,5)6;1-4(6)3-5(2)7;;/h4-8,10-13H,1-3H3;2-6,8-11H,1H3;7,12H,1-6H3;3,6H,1-2H3;;/q2*-1;;;;. The molecule has 2 aromatic heterocycles. The Hall–Kier alpha value is -4.58. The molecular formula is C51H58Ir2N2O4-2. The monoisotopic (exact) mass is 1150 g/mol. The first-order chi connectivity index (χ1) is 26.6. The third-order valence-corrected chi connectivity index (χ3v) is 8.68. The Morgan fingerprint density at radius 1 is 0.627 bits per heavy atom. The number of aryl methyl sites for hydroxylation is 1. The summed E-state index contributed by atoms with van der Waals surface area (Å²) < 4.78 is 0. The average molecular weight is 1150 g/mol. The van der Waals surface area contributed by atoms with E-state index in [0.717, 1.165) is 22.5 Å². The second-order valence-electron chi connectivity index (χ2n) is 17.1. The minimum atomic E-state index is -0.417. The third kappa shape index (κ3) is 16.9. The predicted molar refractivity (Wildman–Crippen MR) is 237 cm³/mol. The number of allylic oxidation sites excluding steroid dienone is 4. The van der Waals surface area contributed by atoms with Crippen LogP contribution in [0.5, 0.6) is 0 Å². The van der Waals surface area contributed by atoms with Gasteiger partial charge in [0.15, 0.2) is 11.6 Å². The molecule has 2 radical (unpaired) electrons. The van der Waals surface area contributed by atoms with Crippen LogP contribution >= 0.6 is 0 Å². The van der Waals surface area contributed by atoms with Gasteiger partial charge in [-0.3, -0.25) is 9.59 Å². The topological polar surface area (TPSA) is 100 Å². The van der Waals surface area contributed by atoms with Gasteiger partial charge in [-0.15, -0.1) is 70.8 Å². The summed E-state index contributed by atoms with van der Waals surface area (Å²) in [4.78, 5) is 30.5. The number of hydrogen-bond acceptors (Lipinski definition) is 6. The third-order valence-electron chi connectivity index (χ3n) is 8.68. The zero-order valence-electron chi connectivity index (χ0n) is 36.3. The fraction of sp³-hybridized carbons (Fsp3) is 0.294. The van der Waals surface area contributed by atoms with Gasteiger partial charge in [0, 0.05) is 75.6 Å². The molecule has 0 fully saturated rings. The molecule has 0 aliphatic heterocycles. The van der Waals surface area contributed by atoms with E-state index in [1.807, 2.05) is 84.3 Å². The van der Waals surface area contributed by atoms with Crippen LogP contribution in [0.15, 0.2) is 133 Å². The molecule has 0 unspecified atom stereocenters. The molecule has 0 aliphatic carbocycles. The van der Waals surface area contributed by atoms with Crippen molar-refractivity contribution in [3.8, 4) is 22.5 Å². The second kappa shape index (κ2) is 23.3. The number of aliphatic hydroxyl groups excluding tert-OH is 2. The quantitative estimate of drug-likeness (QED) is 0.104. The number of hydrogen-bond donors (Lipinski definition) is 2. The molecule has 6 aromatic rings. The van der Waals surface area contributed by atoms with Gasteiger partial charge in [-0.1, -0.05) is 118 Å². The van der Waals surface area contributed by atoms with Gasteiger partial charge in [-0.25, -0.2) is 0 Å². The SMILES string of the molecule is CC(=O)C=C(C)O.CC(C)(C)C(=O)C=C(O)C(C)(C)C.CC(C)(C)c1c[c-]c(-c2nccc3ccccc23)cc1.Cc1cc[c-]c(-c2nccc3ccccc23)c1.[Ir].[Ir]. The van der Waals surface area contributed by atoms with Crippen molar-refractivity contribution < 1.29 is 60.0 Å². The Labute approximate surface area is 379 Å². The number of benzene rings is 4. The average Bonchev–Trinajstić information content (AvgIpc) is 3.13. The first-order valence-corrected chi connectivity index (χ1v) is 19.1. The Bertz CT molecular complexity index is 2330. The minimum absolute atomic E-state index is 0. The predicted octanol–water partition coefficient (Wildman–Crippen LogP) is 13.1. The van der Waals surface area contributed by atoms with Crippen LogP contribution in [0.3, 0.4) is 0 Å². The maximum Gasteiger partial charge on any atom is 0.164 e. The molecule has 2 heterocycles. The molecule has 6 rings (SSSR count). The van der Waals surface area contributed by atoms with Gasteiger partial charge in [0.05, 0.1) is 5.76 Å². The van der Waals surface area contributed by atoms with Crippen LogP contribution in [0, 0.1) is 29.9 Å². The molecule has 316 valence electrons. The Morgan fingerprint density at radius 2 is 1.14 bits per heavy atom. The summed E-state index contributed by atoms with van der Waals surface area (Å²) in [7, 11) is 0.